The Morgan fingerprint density at radius 3 is 3.07 bits per heavy atom. The molecule has 1 aromatic heterocycles. The number of nitrogens with zero attached hydrogens (tertiary/aromatic N) is 2. The Morgan fingerprint density at radius 2 is 2.47 bits per heavy atom. The first kappa shape index (κ1) is 11.7. The van der Waals surface area contributed by atoms with Crippen LogP contribution in [0.3, 0.4) is 0 Å². The van der Waals surface area contributed by atoms with E-state index >= 15 is 0 Å². The smallest absolute Gasteiger partial charge is 0.224 e. The van der Waals surface area contributed by atoms with E-state index in [1.165, 1.54) is 0 Å². The van der Waals surface area contributed by atoms with Crippen LogP contribution in [0.1, 0.15) is 19.8 Å². The van der Waals surface area contributed by atoms with Crippen LogP contribution < -0.4 is 5.32 Å². The largest absolute Gasteiger partial charge is 0.364 e. The summed E-state index contributed by atoms with van der Waals surface area (Å²) in [6.07, 6.45) is 7.51. The monoisotopic (exact) mass is 227 g/mol. The lowest BCUT2D eigenvalue weighted by molar-refractivity contribution is 0.607. The maximum Gasteiger partial charge on any atom is 0.224 e. The summed E-state index contributed by atoms with van der Waals surface area (Å²) in [7, 11) is 0. The van der Waals surface area contributed by atoms with Crippen LogP contribution in [-0.2, 0) is 0 Å². The van der Waals surface area contributed by atoms with E-state index in [-0.39, 0.29) is 17.1 Å². The molecule has 0 spiro atoms. The number of hydrogen-bond acceptors (Lipinski definition) is 3. The van der Waals surface area contributed by atoms with E-state index in [4.69, 9.17) is 18.0 Å². The van der Waals surface area contributed by atoms with Crippen LogP contribution in [0.4, 0.5) is 10.2 Å². The number of anilines is 1. The highest BCUT2D eigenvalue weighted by atomic mass is 35.5. The minimum atomic E-state index is -0.533. The highest BCUT2D eigenvalue weighted by molar-refractivity contribution is 6.28. The highest BCUT2D eigenvalue weighted by Crippen LogP contribution is 2.14. The van der Waals surface area contributed by atoms with E-state index in [0.717, 1.165) is 12.6 Å². The van der Waals surface area contributed by atoms with Crippen molar-refractivity contribution in [1.29, 1.82) is 0 Å². The topological polar surface area (TPSA) is 37.8 Å². The van der Waals surface area contributed by atoms with Crippen LogP contribution in [-0.4, -0.2) is 16.0 Å². The summed E-state index contributed by atoms with van der Waals surface area (Å²) in [5.41, 5.74) is 0. The molecule has 1 heterocycles. The summed E-state index contributed by atoms with van der Waals surface area (Å²) in [6.45, 7) is 1.95. The molecule has 0 aliphatic rings. The zero-order valence-corrected chi connectivity index (χ0v) is 9.05. The van der Waals surface area contributed by atoms with Gasteiger partial charge in [0.15, 0.2) is 11.6 Å². The fourth-order valence-corrected chi connectivity index (χ4v) is 1.21. The number of halogens is 2. The van der Waals surface area contributed by atoms with Crippen molar-refractivity contribution >= 4 is 17.4 Å². The van der Waals surface area contributed by atoms with Gasteiger partial charge in [0, 0.05) is 12.5 Å². The molecule has 1 aromatic rings. The van der Waals surface area contributed by atoms with Crippen LogP contribution in [0.15, 0.2) is 6.20 Å². The first-order valence-corrected chi connectivity index (χ1v) is 4.93. The van der Waals surface area contributed by atoms with Gasteiger partial charge >= 0.3 is 0 Å². The van der Waals surface area contributed by atoms with Crippen LogP contribution in [0.5, 0.6) is 0 Å². The van der Waals surface area contributed by atoms with Crippen molar-refractivity contribution < 1.29 is 4.39 Å². The van der Waals surface area contributed by atoms with Crippen LogP contribution in [0.25, 0.3) is 0 Å². The molecule has 0 bridgehead atoms. The van der Waals surface area contributed by atoms with Gasteiger partial charge in [-0.2, -0.15) is 4.98 Å². The van der Waals surface area contributed by atoms with Gasteiger partial charge in [0.2, 0.25) is 5.28 Å². The number of hydrogen-bond donors (Lipinski definition) is 1. The van der Waals surface area contributed by atoms with Crippen molar-refractivity contribution in [2.75, 3.05) is 5.32 Å². The zero-order chi connectivity index (χ0) is 11.3. The van der Waals surface area contributed by atoms with Crippen molar-refractivity contribution in [2.24, 2.45) is 0 Å². The Morgan fingerprint density at radius 1 is 1.73 bits per heavy atom. The molecule has 1 rings (SSSR count). The second-order valence-electron chi connectivity index (χ2n) is 2.99. The second kappa shape index (κ2) is 5.52. The van der Waals surface area contributed by atoms with Gasteiger partial charge < -0.3 is 5.32 Å². The molecule has 0 aliphatic heterocycles. The summed E-state index contributed by atoms with van der Waals surface area (Å²) in [6, 6.07) is -0.00420. The molecule has 15 heavy (non-hydrogen) atoms. The Hall–Kier alpha value is -1.34. The minimum absolute atomic E-state index is 0.00420. The molecular weight excluding hydrogens is 217 g/mol. The van der Waals surface area contributed by atoms with E-state index in [9.17, 15) is 4.39 Å². The van der Waals surface area contributed by atoms with Gasteiger partial charge in [0.25, 0.3) is 0 Å². The van der Waals surface area contributed by atoms with Crippen LogP contribution in [0, 0.1) is 18.2 Å². The summed E-state index contributed by atoms with van der Waals surface area (Å²) >= 11 is 5.55. The number of aromatic nitrogens is 2. The predicted molar refractivity (Wildman–Crippen MR) is 58.2 cm³/mol. The minimum Gasteiger partial charge on any atom is -0.364 e. The molecule has 5 heteroatoms. The normalized spacial score (nSPS) is 11.9. The summed E-state index contributed by atoms with van der Waals surface area (Å²) in [5, 5.41) is 2.89. The number of nitrogens with one attached hydrogen (secondary N) is 1. The highest BCUT2D eigenvalue weighted by Gasteiger charge is 2.10. The third kappa shape index (κ3) is 3.37. The van der Waals surface area contributed by atoms with E-state index < -0.39 is 5.82 Å². The van der Waals surface area contributed by atoms with Gasteiger partial charge in [-0.15, -0.1) is 12.3 Å². The van der Waals surface area contributed by atoms with Gasteiger partial charge in [-0.1, -0.05) is 6.92 Å². The molecule has 0 fully saturated rings. The average molecular weight is 228 g/mol. The third-order valence-electron chi connectivity index (χ3n) is 1.91. The van der Waals surface area contributed by atoms with E-state index in [2.05, 4.69) is 21.2 Å². The van der Waals surface area contributed by atoms with Crippen LogP contribution in [0.2, 0.25) is 5.28 Å². The van der Waals surface area contributed by atoms with Crippen molar-refractivity contribution in [2.45, 2.75) is 25.8 Å². The molecule has 0 amide bonds. The second-order valence-corrected chi connectivity index (χ2v) is 3.33. The van der Waals surface area contributed by atoms with Crippen molar-refractivity contribution in [3.05, 3.63) is 17.3 Å². The fourth-order valence-electron chi connectivity index (χ4n) is 1.08. The fraction of sp³-hybridized carbons (Fsp3) is 0.400. The Kier molecular flexibility index (Phi) is 4.32. The number of terminal acetylenes is 1. The Balaban J connectivity index is 2.78. The molecule has 1 unspecified atom stereocenters. The average Bonchev–Trinajstić information content (AvgIpc) is 2.22. The molecule has 1 atom stereocenters. The molecule has 0 aromatic carbocycles. The first-order valence-electron chi connectivity index (χ1n) is 4.55. The third-order valence-corrected chi connectivity index (χ3v) is 2.09. The van der Waals surface area contributed by atoms with Gasteiger partial charge in [0.05, 0.1) is 6.20 Å². The van der Waals surface area contributed by atoms with Crippen molar-refractivity contribution in [1.82, 2.24) is 9.97 Å². The van der Waals surface area contributed by atoms with Gasteiger partial charge in [0.1, 0.15) is 0 Å². The molecule has 1 N–H and O–H groups in total. The standard InChI is InChI=1S/C10H11ClFN3/c1-3-5-7(4-2)14-9-8(12)6-13-10(11)15-9/h1,6-7H,4-5H2,2H3,(H,13,14,15). The quantitative estimate of drug-likeness (QED) is 0.634. The molecule has 80 valence electrons. The summed E-state index contributed by atoms with van der Waals surface area (Å²) in [4.78, 5) is 7.26. The SMILES string of the molecule is C#CCC(CC)Nc1nc(Cl)ncc1F. The Bertz CT molecular complexity index is 375. The molecule has 0 saturated carbocycles. The zero-order valence-electron chi connectivity index (χ0n) is 8.30. The molecule has 3 nitrogen and oxygen atoms in total. The maximum atomic E-state index is 13.2. The summed E-state index contributed by atoms with van der Waals surface area (Å²) in [5.74, 6) is 2.07. The van der Waals surface area contributed by atoms with E-state index in [0.29, 0.717) is 6.42 Å². The maximum absolute atomic E-state index is 13.2. The molecular formula is C10H11ClFN3. The van der Waals surface area contributed by atoms with Crippen LogP contribution >= 0.6 is 11.6 Å². The van der Waals surface area contributed by atoms with Gasteiger partial charge in [-0.3, -0.25) is 0 Å². The number of rotatable bonds is 4. The lowest BCUT2D eigenvalue weighted by Crippen LogP contribution is -2.19. The molecule has 0 radical (unpaired) electrons. The first-order chi connectivity index (χ1) is 7.17. The van der Waals surface area contributed by atoms with Gasteiger partial charge in [-0.05, 0) is 18.0 Å². The van der Waals surface area contributed by atoms with E-state index in [1.54, 1.807) is 0 Å². The van der Waals surface area contributed by atoms with Crippen molar-refractivity contribution in [3.8, 4) is 12.3 Å². The predicted octanol–water partition coefficient (Wildman–Crippen LogP) is 2.48. The molecule has 0 saturated heterocycles. The van der Waals surface area contributed by atoms with Gasteiger partial charge in [-0.25, -0.2) is 9.37 Å². The summed E-state index contributed by atoms with van der Waals surface area (Å²) < 4.78 is 13.2. The lowest BCUT2D eigenvalue weighted by atomic mass is 10.1. The van der Waals surface area contributed by atoms with E-state index in [1.807, 2.05) is 6.92 Å². The Labute approximate surface area is 93.1 Å². The van der Waals surface area contributed by atoms with Crippen molar-refractivity contribution in [3.63, 3.8) is 0 Å². The molecule has 0 aliphatic carbocycles. The lowest BCUT2D eigenvalue weighted by Gasteiger charge is -2.14.